The summed E-state index contributed by atoms with van der Waals surface area (Å²) in [7, 11) is 0. The lowest BCUT2D eigenvalue weighted by Gasteiger charge is -2.18. The highest BCUT2D eigenvalue weighted by Crippen LogP contribution is 2.16. The highest BCUT2D eigenvalue weighted by Gasteiger charge is 2.10. The Kier molecular flexibility index (Phi) is 5.05. The number of halogens is 1. The van der Waals surface area contributed by atoms with Gasteiger partial charge in [-0.15, -0.1) is 0 Å². The quantitative estimate of drug-likeness (QED) is 0.601. The van der Waals surface area contributed by atoms with E-state index in [-0.39, 0.29) is 12.1 Å². The maximum atomic E-state index is 5.80. The summed E-state index contributed by atoms with van der Waals surface area (Å²) in [6.07, 6.45) is 0.202. The highest BCUT2D eigenvalue weighted by molar-refractivity contribution is 6.30. The predicted molar refractivity (Wildman–Crippen MR) is 62.6 cm³/mol. The molecule has 1 unspecified atom stereocenters. The van der Waals surface area contributed by atoms with Crippen LogP contribution in [-0.4, -0.2) is 12.7 Å². The number of nitrogens with one attached hydrogen (secondary N) is 1. The molecule has 3 N–H and O–H groups in total. The number of benzene rings is 1. The topological polar surface area (TPSA) is 47.3 Å². The van der Waals surface area contributed by atoms with E-state index >= 15 is 0 Å². The summed E-state index contributed by atoms with van der Waals surface area (Å²) >= 11 is 5.80. The molecule has 0 bridgehead atoms. The lowest BCUT2D eigenvalue weighted by Crippen LogP contribution is -2.32. The summed E-state index contributed by atoms with van der Waals surface area (Å²) in [6.45, 7) is 4.54. The highest BCUT2D eigenvalue weighted by atomic mass is 35.5. The van der Waals surface area contributed by atoms with Crippen LogP contribution in [0.4, 0.5) is 0 Å². The van der Waals surface area contributed by atoms with E-state index in [1.165, 1.54) is 0 Å². The second kappa shape index (κ2) is 6.08. The van der Waals surface area contributed by atoms with Gasteiger partial charge in [0.2, 0.25) is 0 Å². The van der Waals surface area contributed by atoms with Gasteiger partial charge in [-0.2, -0.15) is 0 Å². The fraction of sp³-hybridized carbons (Fsp3) is 0.455. The molecule has 0 saturated carbocycles. The molecule has 4 heteroatoms. The zero-order valence-electron chi connectivity index (χ0n) is 9.03. The van der Waals surface area contributed by atoms with Crippen LogP contribution < -0.4 is 11.3 Å². The molecule has 1 aromatic rings. The zero-order chi connectivity index (χ0) is 11.3. The maximum absolute atomic E-state index is 5.80. The fourth-order valence-corrected chi connectivity index (χ4v) is 1.35. The molecule has 1 rings (SSSR count). The molecule has 84 valence electrons. The average molecular weight is 229 g/mol. The summed E-state index contributed by atoms with van der Waals surface area (Å²) < 4.78 is 5.50. The van der Waals surface area contributed by atoms with Crippen molar-refractivity contribution in [3.05, 3.63) is 34.9 Å². The molecule has 0 saturated heterocycles. The smallest absolute Gasteiger partial charge is 0.0694 e. The molecule has 0 fully saturated rings. The lowest BCUT2D eigenvalue weighted by atomic mass is 10.1. The van der Waals surface area contributed by atoms with Crippen LogP contribution in [0.25, 0.3) is 0 Å². The van der Waals surface area contributed by atoms with Crippen molar-refractivity contribution in [1.29, 1.82) is 0 Å². The summed E-state index contributed by atoms with van der Waals surface area (Å²) in [5.74, 6) is 5.47. The summed E-state index contributed by atoms with van der Waals surface area (Å²) in [5, 5.41) is 0.722. The van der Waals surface area contributed by atoms with Gasteiger partial charge in [-0.3, -0.25) is 11.3 Å². The van der Waals surface area contributed by atoms with Gasteiger partial charge in [-0.05, 0) is 31.5 Å². The van der Waals surface area contributed by atoms with E-state index in [0.29, 0.717) is 6.61 Å². The number of hydrogen-bond donors (Lipinski definition) is 2. The minimum Gasteiger partial charge on any atom is -0.377 e. The Hall–Kier alpha value is -0.610. The minimum absolute atomic E-state index is 0.00432. The minimum atomic E-state index is 0.00432. The zero-order valence-corrected chi connectivity index (χ0v) is 9.79. The molecule has 0 aliphatic heterocycles. The van der Waals surface area contributed by atoms with Crippen molar-refractivity contribution < 1.29 is 4.74 Å². The number of nitrogens with two attached hydrogens (primary N) is 1. The van der Waals surface area contributed by atoms with Gasteiger partial charge in [0, 0.05) is 5.02 Å². The molecule has 0 aliphatic rings. The number of ether oxygens (including phenoxy) is 1. The molecule has 15 heavy (non-hydrogen) atoms. The molecule has 0 heterocycles. The molecule has 0 aromatic heterocycles. The summed E-state index contributed by atoms with van der Waals surface area (Å²) in [5.41, 5.74) is 3.80. The van der Waals surface area contributed by atoms with E-state index in [0.717, 1.165) is 10.6 Å². The van der Waals surface area contributed by atoms with Crippen molar-refractivity contribution in [3.8, 4) is 0 Å². The van der Waals surface area contributed by atoms with E-state index in [2.05, 4.69) is 5.43 Å². The molecular formula is C11H17ClN2O. The Balaban J connectivity index is 2.61. The molecule has 1 aromatic carbocycles. The van der Waals surface area contributed by atoms with Crippen molar-refractivity contribution >= 4 is 11.6 Å². The maximum Gasteiger partial charge on any atom is 0.0694 e. The molecular weight excluding hydrogens is 212 g/mol. The molecule has 0 spiro atoms. The second-order valence-electron chi connectivity index (χ2n) is 3.65. The van der Waals surface area contributed by atoms with Crippen molar-refractivity contribution in [2.24, 2.45) is 5.84 Å². The summed E-state index contributed by atoms with van der Waals surface area (Å²) in [4.78, 5) is 0. The number of hydrazine groups is 1. The third-order valence-electron chi connectivity index (χ3n) is 2.07. The first-order chi connectivity index (χ1) is 7.13. The van der Waals surface area contributed by atoms with Crippen LogP contribution >= 0.6 is 11.6 Å². The third-order valence-corrected chi connectivity index (χ3v) is 2.32. The third kappa shape index (κ3) is 4.18. The first kappa shape index (κ1) is 12.5. The van der Waals surface area contributed by atoms with Crippen LogP contribution in [0.3, 0.4) is 0 Å². The van der Waals surface area contributed by atoms with Gasteiger partial charge in [0.25, 0.3) is 0 Å². The SMILES string of the molecule is CC(C)OCC(NN)c1ccc(Cl)cc1. The van der Waals surface area contributed by atoms with Gasteiger partial charge >= 0.3 is 0 Å². The van der Waals surface area contributed by atoms with Crippen LogP contribution in [0.15, 0.2) is 24.3 Å². The van der Waals surface area contributed by atoms with E-state index in [1.807, 2.05) is 38.1 Å². The lowest BCUT2D eigenvalue weighted by molar-refractivity contribution is 0.0611. The van der Waals surface area contributed by atoms with Crippen molar-refractivity contribution in [2.45, 2.75) is 26.0 Å². The first-order valence-electron chi connectivity index (χ1n) is 4.96. The van der Waals surface area contributed by atoms with E-state index in [9.17, 15) is 0 Å². The monoisotopic (exact) mass is 228 g/mol. The van der Waals surface area contributed by atoms with Crippen LogP contribution in [0.5, 0.6) is 0 Å². The Morgan fingerprint density at radius 1 is 1.33 bits per heavy atom. The van der Waals surface area contributed by atoms with E-state index < -0.39 is 0 Å². The predicted octanol–water partition coefficient (Wildman–Crippen LogP) is 2.27. The van der Waals surface area contributed by atoms with Crippen LogP contribution in [0, 0.1) is 0 Å². The van der Waals surface area contributed by atoms with Gasteiger partial charge in [0.05, 0.1) is 18.8 Å². The number of rotatable bonds is 5. The fourth-order valence-electron chi connectivity index (χ4n) is 1.22. The first-order valence-corrected chi connectivity index (χ1v) is 5.34. The van der Waals surface area contributed by atoms with Crippen LogP contribution in [0.2, 0.25) is 5.02 Å². The Labute approximate surface area is 95.5 Å². The molecule has 3 nitrogen and oxygen atoms in total. The van der Waals surface area contributed by atoms with Crippen molar-refractivity contribution in [3.63, 3.8) is 0 Å². The number of hydrogen-bond acceptors (Lipinski definition) is 3. The molecule has 0 aliphatic carbocycles. The molecule has 1 atom stereocenters. The molecule has 0 amide bonds. The van der Waals surface area contributed by atoms with Gasteiger partial charge in [0.15, 0.2) is 0 Å². The van der Waals surface area contributed by atoms with Gasteiger partial charge in [-0.1, -0.05) is 23.7 Å². The summed E-state index contributed by atoms with van der Waals surface area (Å²) in [6, 6.07) is 7.57. The van der Waals surface area contributed by atoms with Gasteiger partial charge in [-0.25, -0.2) is 0 Å². The van der Waals surface area contributed by atoms with Gasteiger partial charge in [0.1, 0.15) is 0 Å². The standard InChI is InChI=1S/C11H17ClN2O/c1-8(2)15-7-11(14-13)9-3-5-10(12)6-4-9/h3-6,8,11,14H,7,13H2,1-2H3. The van der Waals surface area contributed by atoms with E-state index in [4.69, 9.17) is 22.2 Å². The van der Waals surface area contributed by atoms with Crippen molar-refractivity contribution in [2.75, 3.05) is 6.61 Å². The Bertz CT molecular complexity index is 287. The van der Waals surface area contributed by atoms with E-state index in [1.54, 1.807) is 0 Å². The van der Waals surface area contributed by atoms with Crippen LogP contribution in [0.1, 0.15) is 25.5 Å². The van der Waals surface area contributed by atoms with Gasteiger partial charge < -0.3 is 4.74 Å². The molecule has 0 radical (unpaired) electrons. The van der Waals surface area contributed by atoms with Crippen LogP contribution in [-0.2, 0) is 4.74 Å². The normalized spacial score (nSPS) is 13.1. The average Bonchev–Trinajstić information content (AvgIpc) is 2.21. The largest absolute Gasteiger partial charge is 0.377 e. The Morgan fingerprint density at radius 2 is 1.93 bits per heavy atom. The second-order valence-corrected chi connectivity index (χ2v) is 4.09. The van der Waals surface area contributed by atoms with Crippen molar-refractivity contribution in [1.82, 2.24) is 5.43 Å². The Morgan fingerprint density at radius 3 is 2.40 bits per heavy atom.